The summed E-state index contributed by atoms with van der Waals surface area (Å²) in [6.45, 7) is 2.08. The van der Waals surface area contributed by atoms with E-state index in [1.54, 1.807) is 23.1 Å². The number of carbonyl (C=O) groups is 1. The first-order valence-corrected chi connectivity index (χ1v) is 14.5. The van der Waals surface area contributed by atoms with Crippen LogP contribution in [-0.4, -0.2) is 57.8 Å². The Hall–Kier alpha value is -3.53. The fourth-order valence-electron chi connectivity index (χ4n) is 5.86. The third-order valence-corrected chi connectivity index (χ3v) is 8.69. The van der Waals surface area contributed by atoms with E-state index in [4.69, 9.17) is 23.2 Å². The molecule has 1 amide bonds. The second-order valence-electron chi connectivity index (χ2n) is 10.6. The molecule has 42 heavy (non-hydrogen) atoms. The Morgan fingerprint density at radius 3 is 2.05 bits per heavy atom. The van der Waals surface area contributed by atoms with Gasteiger partial charge in [-0.05, 0) is 28.8 Å². The lowest BCUT2D eigenvalue weighted by Gasteiger charge is -2.39. The maximum absolute atomic E-state index is 14.2. The lowest BCUT2D eigenvalue weighted by atomic mass is 9.96. The van der Waals surface area contributed by atoms with Crippen molar-refractivity contribution in [2.75, 3.05) is 31.5 Å². The third kappa shape index (κ3) is 5.73. The van der Waals surface area contributed by atoms with Crippen LogP contribution in [0.25, 0.3) is 0 Å². The van der Waals surface area contributed by atoms with Gasteiger partial charge in [-0.15, -0.1) is 0 Å². The van der Waals surface area contributed by atoms with E-state index < -0.39 is 18.3 Å². The number of hydrogen-bond donors (Lipinski definition) is 1. The number of piperazine rings is 1. The van der Waals surface area contributed by atoms with Crippen LogP contribution in [-0.2, 0) is 0 Å². The van der Waals surface area contributed by atoms with E-state index in [0.29, 0.717) is 36.8 Å². The molecule has 218 valence electrons. The number of hydrogen-bond acceptors (Lipinski definition) is 4. The summed E-state index contributed by atoms with van der Waals surface area (Å²) in [6.07, 6.45) is -4.87. The van der Waals surface area contributed by atoms with E-state index in [1.165, 1.54) is 6.07 Å². The molecule has 0 radical (unpaired) electrons. The molecule has 0 unspecified atom stereocenters. The smallest absolute Gasteiger partial charge is 0.363 e. The number of fused-ring (bicyclic) bond motifs is 1. The SMILES string of the molecule is O=C(c1cc2n(n1)[C@@H](C(F)(F)F)C[C@@H](c1ccc(Cl)c(Cl)c1)N2)N1CCN(C(c2ccccc2)c2ccccc2)CC1. The maximum atomic E-state index is 14.2. The van der Waals surface area contributed by atoms with E-state index in [0.717, 1.165) is 15.8 Å². The summed E-state index contributed by atoms with van der Waals surface area (Å²) in [5, 5.41) is 7.86. The summed E-state index contributed by atoms with van der Waals surface area (Å²) in [6, 6.07) is 24.0. The molecular weight excluding hydrogens is 586 g/mol. The minimum absolute atomic E-state index is 0.0161. The van der Waals surface area contributed by atoms with Crippen molar-refractivity contribution in [1.82, 2.24) is 19.6 Å². The summed E-state index contributed by atoms with van der Waals surface area (Å²) < 4.78 is 43.4. The van der Waals surface area contributed by atoms with Gasteiger partial charge in [-0.1, -0.05) is 89.9 Å². The number of benzene rings is 3. The lowest BCUT2D eigenvalue weighted by Crippen LogP contribution is -2.50. The van der Waals surface area contributed by atoms with Gasteiger partial charge in [0.2, 0.25) is 0 Å². The van der Waals surface area contributed by atoms with Crippen molar-refractivity contribution in [2.45, 2.75) is 30.7 Å². The highest BCUT2D eigenvalue weighted by Gasteiger charge is 2.47. The van der Waals surface area contributed by atoms with Crippen LogP contribution in [0, 0.1) is 0 Å². The number of alkyl halides is 3. The van der Waals surface area contributed by atoms with Crippen LogP contribution in [0.4, 0.5) is 19.0 Å². The van der Waals surface area contributed by atoms with Crippen LogP contribution in [0.3, 0.4) is 0 Å². The van der Waals surface area contributed by atoms with Crippen molar-refractivity contribution in [3.05, 3.63) is 117 Å². The van der Waals surface area contributed by atoms with Gasteiger partial charge in [0.25, 0.3) is 5.91 Å². The Bertz CT molecular complexity index is 1520. The van der Waals surface area contributed by atoms with Crippen molar-refractivity contribution in [2.24, 2.45) is 0 Å². The molecule has 0 bridgehead atoms. The van der Waals surface area contributed by atoms with Crippen molar-refractivity contribution in [1.29, 1.82) is 0 Å². The zero-order chi connectivity index (χ0) is 29.4. The molecule has 2 aliphatic rings. The molecule has 2 atom stereocenters. The van der Waals surface area contributed by atoms with E-state index in [-0.39, 0.29) is 34.9 Å². The van der Waals surface area contributed by atoms with Crippen molar-refractivity contribution >= 4 is 34.9 Å². The Labute approximate surface area is 251 Å². The van der Waals surface area contributed by atoms with Crippen LogP contribution in [0.5, 0.6) is 0 Å². The Morgan fingerprint density at radius 1 is 0.857 bits per heavy atom. The van der Waals surface area contributed by atoms with Gasteiger partial charge in [-0.25, -0.2) is 4.68 Å². The number of nitrogens with zero attached hydrogens (tertiary/aromatic N) is 4. The van der Waals surface area contributed by atoms with Crippen molar-refractivity contribution in [3.63, 3.8) is 0 Å². The van der Waals surface area contributed by atoms with Crippen LogP contribution in [0.2, 0.25) is 10.0 Å². The molecule has 6 rings (SSSR count). The number of nitrogens with one attached hydrogen (secondary N) is 1. The number of aromatic nitrogens is 2. The molecule has 1 saturated heterocycles. The number of amides is 1. The molecule has 1 fully saturated rings. The molecule has 11 heteroatoms. The second kappa shape index (κ2) is 11.6. The fraction of sp³-hybridized carbons (Fsp3) is 0.290. The van der Waals surface area contributed by atoms with Gasteiger partial charge in [0, 0.05) is 38.7 Å². The number of anilines is 1. The van der Waals surface area contributed by atoms with Gasteiger partial charge in [0.05, 0.1) is 22.1 Å². The van der Waals surface area contributed by atoms with E-state index in [1.807, 2.05) is 36.4 Å². The second-order valence-corrected chi connectivity index (χ2v) is 11.4. The van der Waals surface area contributed by atoms with E-state index in [9.17, 15) is 18.0 Å². The highest BCUT2D eigenvalue weighted by molar-refractivity contribution is 6.42. The van der Waals surface area contributed by atoms with Crippen LogP contribution in [0.1, 0.15) is 51.7 Å². The minimum Gasteiger partial charge on any atom is -0.363 e. The molecule has 4 aromatic rings. The van der Waals surface area contributed by atoms with E-state index in [2.05, 4.69) is 39.6 Å². The summed E-state index contributed by atoms with van der Waals surface area (Å²) in [4.78, 5) is 17.5. The molecule has 1 N–H and O–H groups in total. The van der Waals surface area contributed by atoms with Gasteiger partial charge < -0.3 is 10.2 Å². The minimum atomic E-state index is -4.56. The predicted molar refractivity (Wildman–Crippen MR) is 157 cm³/mol. The molecule has 6 nitrogen and oxygen atoms in total. The molecule has 1 aromatic heterocycles. The normalized spacial score (nSPS) is 19.4. The standard InChI is InChI=1S/C31H28Cl2F3N5O/c32-23-12-11-22(17-24(23)33)25-18-27(31(34,35)36)41-28(37-25)19-26(38-41)30(42)40-15-13-39(14-16-40)29(20-7-3-1-4-8-20)21-9-5-2-6-10-21/h1-12,17,19,25,27,29,37H,13-16,18H2/t25-,27+/m0/s1. The number of carbonyl (C=O) groups excluding carboxylic acids is 1. The monoisotopic (exact) mass is 613 g/mol. The Balaban J connectivity index is 1.21. The molecule has 0 aliphatic carbocycles. The topological polar surface area (TPSA) is 53.4 Å². The number of halogens is 5. The van der Waals surface area contributed by atoms with Crippen LogP contribution >= 0.6 is 23.2 Å². The summed E-state index contributed by atoms with van der Waals surface area (Å²) in [7, 11) is 0. The first-order chi connectivity index (χ1) is 20.2. The quantitative estimate of drug-likeness (QED) is 0.255. The van der Waals surface area contributed by atoms with Gasteiger partial charge in [0.15, 0.2) is 11.7 Å². The van der Waals surface area contributed by atoms with Gasteiger partial charge in [0.1, 0.15) is 5.82 Å². The van der Waals surface area contributed by atoms with E-state index >= 15 is 0 Å². The van der Waals surface area contributed by atoms with Gasteiger partial charge in [-0.2, -0.15) is 18.3 Å². The highest BCUT2D eigenvalue weighted by Crippen LogP contribution is 2.44. The molecule has 0 spiro atoms. The summed E-state index contributed by atoms with van der Waals surface area (Å²) in [5.41, 5.74) is 2.87. The first kappa shape index (κ1) is 28.6. The lowest BCUT2D eigenvalue weighted by molar-refractivity contribution is -0.173. The van der Waals surface area contributed by atoms with Crippen LogP contribution in [0.15, 0.2) is 84.9 Å². The molecular formula is C31H28Cl2F3N5O. The largest absolute Gasteiger partial charge is 0.410 e. The van der Waals surface area contributed by atoms with Gasteiger partial charge >= 0.3 is 6.18 Å². The Kier molecular flexibility index (Phi) is 7.91. The molecule has 0 saturated carbocycles. The zero-order valence-corrected chi connectivity index (χ0v) is 23.9. The number of rotatable bonds is 5. The van der Waals surface area contributed by atoms with Crippen LogP contribution < -0.4 is 5.32 Å². The summed E-state index contributed by atoms with van der Waals surface area (Å²) in [5.74, 6) is -0.254. The zero-order valence-electron chi connectivity index (χ0n) is 22.4. The third-order valence-electron chi connectivity index (χ3n) is 7.95. The van der Waals surface area contributed by atoms with Gasteiger partial charge in [-0.3, -0.25) is 9.69 Å². The molecule has 3 heterocycles. The molecule has 2 aliphatic heterocycles. The highest BCUT2D eigenvalue weighted by atomic mass is 35.5. The average Bonchev–Trinajstić information content (AvgIpc) is 3.43. The molecule has 3 aromatic carbocycles. The average molecular weight is 614 g/mol. The van der Waals surface area contributed by atoms with Crippen molar-refractivity contribution < 1.29 is 18.0 Å². The van der Waals surface area contributed by atoms with Crippen molar-refractivity contribution in [3.8, 4) is 0 Å². The summed E-state index contributed by atoms with van der Waals surface area (Å²) >= 11 is 12.1. The fourth-order valence-corrected chi connectivity index (χ4v) is 6.16. The maximum Gasteiger partial charge on any atom is 0.410 e. The Morgan fingerprint density at radius 2 is 1.48 bits per heavy atom. The predicted octanol–water partition coefficient (Wildman–Crippen LogP) is 7.40. The first-order valence-electron chi connectivity index (χ1n) is 13.7.